The molecule has 1 aliphatic heterocycles. The van der Waals surface area contributed by atoms with Gasteiger partial charge < -0.3 is 9.84 Å². The first kappa shape index (κ1) is 23.3. The second-order valence-corrected chi connectivity index (χ2v) is 8.99. The molecule has 1 unspecified atom stereocenters. The molecule has 0 radical (unpaired) electrons. The number of hydrogen-bond acceptors (Lipinski definition) is 4. The molecule has 0 aromatic heterocycles. The largest absolute Gasteiger partial charge is 0.429 e. The van der Waals surface area contributed by atoms with Gasteiger partial charge >= 0.3 is 5.97 Å². The number of ketones is 1. The van der Waals surface area contributed by atoms with Gasteiger partial charge in [0.15, 0.2) is 0 Å². The lowest BCUT2D eigenvalue weighted by atomic mass is 9.70. The molecule has 2 rings (SSSR count). The summed E-state index contributed by atoms with van der Waals surface area (Å²) in [5, 5.41) is 9.57. The maximum absolute atomic E-state index is 12.3. The quantitative estimate of drug-likeness (QED) is 0.397. The Bertz CT molecular complexity index is 762. The first-order valence-electron chi connectivity index (χ1n) is 10.7. The number of allylic oxidation sites excluding steroid dienone is 6. The molecule has 29 heavy (non-hydrogen) atoms. The van der Waals surface area contributed by atoms with Crippen molar-refractivity contribution >= 4 is 11.8 Å². The zero-order valence-corrected chi connectivity index (χ0v) is 18.6. The average molecular weight is 401 g/mol. The Morgan fingerprint density at radius 3 is 2.41 bits per heavy atom. The number of rotatable bonds is 9. The fourth-order valence-corrected chi connectivity index (χ4v) is 4.19. The van der Waals surface area contributed by atoms with Crippen molar-refractivity contribution in [2.75, 3.05) is 0 Å². The third-order valence-corrected chi connectivity index (χ3v) is 6.27. The fourth-order valence-electron chi connectivity index (χ4n) is 4.19. The van der Waals surface area contributed by atoms with Gasteiger partial charge in [0.25, 0.3) is 0 Å². The van der Waals surface area contributed by atoms with Crippen LogP contribution in [0.15, 0.2) is 46.1 Å². The minimum atomic E-state index is -1.06. The van der Waals surface area contributed by atoms with Crippen LogP contribution in [0.1, 0.15) is 86.0 Å². The van der Waals surface area contributed by atoms with Crippen LogP contribution in [0.25, 0.3) is 0 Å². The SMILES string of the molecule is CC1=C(CC/C(C)=C/CC/C(C)=C/CCC2=CC(=O)OC2O)C(C)(C)C(=O)CC1. The fraction of sp³-hybridized carbons (Fsp3) is 0.600. The first-order valence-corrected chi connectivity index (χ1v) is 10.7. The maximum atomic E-state index is 12.3. The van der Waals surface area contributed by atoms with Crippen LogP contribution in [0.5, 0.6) is 0 Å². The third kappa shape index (κ3) is 6.53. The van der Waals surface area contributed by atoms with E-state index in [-0.39, 0.29) is 5.41 Å². The number of aliphatic hydroxyl groups excluding tert-OH is 1. The maximum Gasteiger partial charge on any atom is 0.333 e. The van der Waals surface area contributed by atoms with Crippen molar-refractivity contribution < 1.29 is 19.4 Å². The van der Waals surface area contributed by atoms with E-state index in [0.29, 0.717) is 24.2 Å². The van der Waals surface area contributed by atoms with Gasteiger partial charge in [0.05, 0.1) is 0 Å². The Morgan fingerprint density at radius 2 is 1.76 bits per heavy atom. The monoisotopic (exact) mass is 400 g/mol. The highest BCUT2D eigenvalue weighted by Gasteiger charge is 2.35. The summed E-state index contributed by atoms with van der Waals surface area (Å²) in [6.45, 7) is 10.6. The Morgan fingerprint density at radius 1 is 1.10 bits per heavy atom. The number of hydrogen-bond donors (Lipinski definition) is 1. The number of carbonyl (C=O) groups excluding carboxylic acids is 2. The van der Waals surface area contributed by atoms with E-state index in [1.54, 1.807) is 0 Å². The summed E-state index contributed by atoms with van der Waals surface area (Å²) < 4.78 is 4.69. The Labute approximate surface area is 175 Å². The molecule has 0 spiro atoms. The summed E-state index contributed by atoms with van der Waals surface area (Å²) in [6, 6.07) is 0. The van der Waals surface area contributed by atoms with E-state index < -0.39 is 12.3 Å². The molecule has 160 valence electrons. The molecule has 0 bridgehead atoms. The summed E-state index contributed by atoms with van der Waals surface area (Å²) in [5.41, 5.74) is 5.77. The molecule has 0 saturated heterocycles. The molecule has 4 nitrogen and oxygen atoms in total. The van der Waals surface area contributed by atoms with Gasteiger partial charge in [-0.25, -0.2) is 4.79 Å². The molecule has 0 aromatic rings. The normalized spacial score (nSPS) is 22.8. The van der Waals surface area contributed by atoms with Gasteiger partial charge in [-0.05, 0) is 79.6 Å². The van der Waals surface area contributed by atoms with E-state index in [1.165, 1.54) is 28.4 Å². The smallest absolute Gasteiger partial charge is 0.333 e. The predicted molar refractivity (Wildman–Crippen MR) is 116 cm³/mol. The van der Waals surface area contributed by atoms with Gasteiger partial charge in [-0.1, -0.05) is 34.4 Å². The lowest BCUT2D eigenvalue weighted by Crippen LogP contribution is -2.30. The number of esters is 1. The molecule has 1 aliphatic carbocycles. The summed E-state index contributed by atoms with van der Waals surface area (Å²) >= 11 is 0. The van der Waals surface area contributed by atoms with Crippen LogP contribution in [0, 0.1) is 5.41 Å². The number of cyclic esters (lactones) is 1. The van der Waals surface area contributed by atoms with Gasteiger partial charge in [-0.15, -0.1) is 0 Å². The molecule has 2 aliphatic rings. The Balaban J connectivity index is 1.76. The summed E-state index contributed by atoms with van der Waals surface area (Å²) in [4.78, 5) is 23.4. The van der Waals surface area contributed by atoms with Crippen molar-refractivity contribution in [1.29, 1.82) is 0 Å². The lowest BCUT2D eigenvalue weighted by Gasteiger charge is -2.33. The highest BCUT2D eigenvalue weighted by molar-refractivity contribution is 5.88. The molecule has 0 fully saturated rings. The van der Waals surface area contributed by atoms with Crippen molar-refractivity contribution in [2.24, 2.45) is 5.41 Å². The first-order chi connectivity index (χ1) is 13.6. The summed E-state index contributed by atoms with van der Waals surface area (Å²) in [7, 11) is 0. The average Bonchev–Trinajstić information content (AvgIpc) is 2.95. The van der Waals surface area contributed by atoms with Crippen LogP contribution in [0.3, 0.4) is 0 Å². The standard InChI is InChI=1S/C25H36O4/c1-17(10-7-11-20-16-23(27)29-24(20)28)8-6-9-18(2)12-14-21-19(3)13-15-22(26)25(21,4)5/h9-10,16,24,28H,6-8,11-15H2,1-5H3/b17-10+,18-9+. The van der Waals surface area contributed by atoms with Crippen LogP contribution in [0.4, 0.5) is 0 Å². The molecule has 4 heteroatoms. The zero-order chi connectivity index (χ0) is 21.6. The Hall–Kier alpha value is -1.94. The topological polar surface area (TPSA) is 63.6 Å². The van der Waals surface area contributed by atoms with E-state index in [1.807, 2.05) is 0 Å². The second kappa shape index (κ2) is 10.2. The molecular formula is C25H36O4. The van der Waals surface area contributed by atoms with Crippen molar-refractivity contribution in [1.82, 2.24) is 0 Å². The van der Waals surface area contributed by atoms with Crippen LogP contribution in [-0.2, 0) is 14.3 Å². The molecule has 1 heterocycles. The number of Topliss-reactive ketones (excluding diaryl/α,β-unsaturated/α-hetero) is 1. The summed E-state index contributed by atoms with van der Waals surface area (Å²) in [5.74, 6) is -0.0851. The van der Waals surface area contributed by atoms with Crippen molar-refractivity contribution in [2.45, 2.75) is 92.3 Å². The molecular weight excluding hydrogens is 364 g/mol. The number of aliphatic hydroxyl groups is 1. The van der Waals surface area contributed by atoms with E-state index in [0.717, 1.165) is 38.5 Å². The van der Waals surface area contributed by atoms with Gasteiger partial charge in [0.1, 0.15) is 5.78 Å². The highest BCUT2D eigenvalue weighted by atomic mass is 16.6. The summed E-state index contributed by atoms with van der Waals surface area (Å²) in [6.07, 6.45) is 11.8. The highest BCUT2D eigenvalue weighted by Crippen LogP contribution is 2.40. The lowest BCUT2D eigenvalue weighted by molar-refractivity contribution is -0.151. The molecule has 0 aromatic carbocycles. The van der Waals surface area contributed by atoms with Crippen molar-refractivity contribution in [3.05, 3.63) is 46.1 Å². The zero-order valence-electron chi connectivity index (χ0n) is 18.6. The van der Waals surface area contributed by atoms with Crippen LogP contribution in [-0.4, -0.2) is 23.1 Å². The number of carbonyl (C=O) groups is 2. The van der Waals surface area contributed by atoms with E-state index in [9.17, 15) is 14.7 Å². The molecule has 1 atom stereocenters. The molecule has 0 saturated carbocycles. The predicted octanol–water partition coefficient (Wildman–Crippen LogP) is 5.73. The van der Waals surface area contributed by atoms with Gasteiger partial charge in [0.2, 0.25) is 6.29 Å². The van der Waals surface area contributed by atoms with Gasteiger partial charge in [-0.2, -0.15) is 0 Å². The number of ether oxygens (including phenoxy) is 1. The van der Waals surface area contributed by atoms with E-state index in [2.05, 4.69) is 51.5 Å². The van der Waals surface area contributed by atoms with E-state index >= 15 is 0 Å². The van der Waals surface area contributed by atoms with Gasteiger partial charge in [-0.3, -0.25) is 4.79 Å². The van der Waals surface area contributed by atoms with Crippen molar-refractivity contribution in [3.63, 3.8) is 0 Å². The van der Waals surface area contributed by atoms with Crippen molar-refractivity contribution in [3.8, 4) is 0 Å². The minimum Gasteiger partial charge on any atom is -0.429 e. The molecule has 1 N–H and O–H groups in total. The molecule has 0 amide bonds. The van der Waals surface area contributed by atoms with E-state index in [4.69, 9.17) is 0 Å². The minimum absolute atomic E-state index is 0.306. The third-order valence-electron chi connectivity index (χ3n) is 6.27. The Kier molecular flexibility index (Phi) is 8.21. The van der Waals surface area contributed by atoms with Crippen LogP contribution in [0.2, 0.25) is 0 Å². The second-order valence-electron chi connectivity index (χ2n) is 8.99. The van der Waals surface area contributed by atoms with Crippen LogP contribution >= 0.6 is 0 Å². The van der Waals surface area contributed by atoms with Gasteiger partial charge in [0, 0.05) is 23.5 Å². The van der Waals surface area contributed by atoms with Crippen LogP contribution < -0.4 is 0 Å².